The molecule has 2 aromatic carbocycles. The average Bonchev–Trinajstić information content (AvgIpc) is 3.20. The van der Waals surface area contributed by atoms with E-state index in [2.05, 4.69) is 4.98 Å². The van der Waals surface area contributed by atoms with Crippen molar-refractivity contribution in [1.29, 1.82) is 0 Å². The first-order valence-corrected chi connectivity index (χ1v) is 10.3. The van der Waals surface area contributed by atoms with Crippen LogP contribution in [-0.2, 0) is 6.18 Å². The lowest BCUT2D eigenvalue weighted by Gasteiger charge is -2.34. The van der Waals surface area contributed by atoms with Gasteiger partial charge in [-0.05, 0) is 30.3 Å². The van der Waals surface area contributed by atoms with Crippen molar-refractivity contribution in [2.75, 3.05) is 38.2 Å². The van der Waals surface area contributed by atoms with E-state index in [9.17, 15) is 18.0 Å². The number of ether oxygens (including phenoxy) is 1. The molecule has 10 heteroatoms. The monoisotopic (exact) mass is 455 g/mol. The second kappa shape index (κ2) is 7.96. The molecular formula is C20H17ClF3N3O2S. The van der Waals surface area contributed by atoms with Gasteiger partial charge >= 0.3 is 6.18 Å². The third kappa shape index (κ3) is 3.91. The van der Waals surface area contributed by atoms with E-state index in [-0.39, 0.29) is 5.56 Å². The van der Waals surface area contributed by atoms with Crippen LogP contribution >= 0.6 is 22.9 Å². The third-order valence-corrected chi connectivity index (χ3v) is 6.52. The molecule has 0 saturated carbocycles. The Morgan fingerprint density at radius 1 is 1.17 bits per heavy atom. The van der Waals surface area contributed by atoms with Crippen LogP contribution in [0.5, 0.6) is 5.75 Å². The molecule has 0 unspecified atom stereocenters. The molecule has 0 radical (unpaired) electrons. The van der Waals surface area contributed by atoms with Gasteiger partial charge in [0.15, 0.2) is 5.13 Å². The number of carbonyl (C=O) groups is 1. The van der Waals surface area contributed by atoms with Gasteiger partial charge in [-0.3, -0.25) is 4.79 Å². The molecule has 1 amide bonds. The number of thiazole rings is 1. The van der Waals surface area contributed by atoms with Crippen LogP contribution < -0.4 is 9.64 Å². The Balaban J connectivity index is 1.49. The molecule has 0 aliphatic carbocycles. The molecule has 1 fully saturated rings. The fraction of sp³-hybridized carbons (Fsp3) is 0.300. The molecule has 1 aromatic heterocycles. The van der Waals surface area contributed by atoms with Crippen LogP contribution in [0.2, 0.25) is 5.02 Å². The van der Waals surface area contributed by atoms with E-state index in [1.807, 2.05) is 4.90 Å². The molecule has 0 N–H and O–H groups in total. The van der Waals surface area contributed by atoms with Gasteiger partial charge in [0.25, 0.3) is 5.91 Å². The van der Waals surface area contributed by atoms with Crippen LogP contribution in [0.1, 0.15) is 15.9 Å². The first-order chi connectivity index (χ1) is 14.3. The van der Waals surface area contributed by atoms with E-state index in [1.165, 1.54) is 23.5 Å². The van der Waals surface area contributed by atoms with Crippen molar-refractivity contribution < 1.29 is 22.7 Å². The van der Waals surface area contributed by atoms with Gasteiger partial charge in [-0.1, -0.05) is 29.0 Å². The summed E-state index contributed by atoms with van der Waals surface area (Å²) in [5.74, 6) is 0.227. The number of rotatable bonds is 3. The molecule has 0 bridgehead atoms. The van der Waals surface area contributed by atoms with Crippen molar-refractivity contribution in [1.82, 2.24) is 9.88 Å². The molecule has 1 aliphatic rings. The Bertz CT molecular complexity index is 1090. The van der Waals surface area contributed by atoms with Gasteiger partial charge in [0.2, 0.25) is 0 Å². The second-order valence-corrected chi connectivity index (χ2v) is 8.17. The normalized spacial score (nSPS) is 15.0. The van der Waals surface area contributed by atoms with Crippen molar-refractivity contribution in [3.63, 3.8) is 0 Å². The minimum absolute atomic E-state index is 0.0368. The molecule has 30 heavy (non-hydrogen) atoms. The van der Waals surface area contributed by atoms with Gasteiger partial charge in [0.1, 0.15) is 11.3 Å². The Kier molecular flexibility index (Phi) is 5.50. The Hall–Kier alpha value is -2.52. The van der Waals surface area contributed by atoms with Gasteiger partial charge in [-0.2, -0.15) is 13.2 Å². The first-order valence-electron chi connectivity index (χ1n) is 9.12. The maximum atomic E-state index is 12.9. The molecule has 1 aliphatic heterocycles. The van der Waals surface area contributed by atoms with Crippen molar-refractivity contribution in [2.24, 2.45) is 0 Å². The van der Waals surface area contributed by atoms with E-state index in [0.29, 0.717) is 42.5 Å². The number of fused-ring (bicyclic) bond motifs is 1. The Morgan fingerprint density at radius 3 is 2.57 bits per heavy atom. The Labute approximate surface area is 179 Å². The summed E-state index contributed by atoms with van der Waals surface area (Å²) in [4.78, 5) is 20.9. The summed E-state index contributed by atoms with van der Waals surface area (Å²) in [6, 6.07) is 8.05. The first kappa shape index (κ1) is 20.7. The molecule has 4 rings (SSSR count). The number of aromatic nitrogens is 1. The highest BCUT2D eigenvalue weighted by Gasteiger charge is 2.32. The van der Waals surface area contributed by atoms with Gasteiger partial charge in [-0.15, -0.1) is 0 Å². The zero-order valence-corrected chi connectivity index (χ0v) is 17.4. The minimum Gasteiger partial charge on any atom is -0.494 e. The molecular weight excluding hydrogens is 439 g/mol. The SMILES string of the molecule is COc1ccc(Cl)c2sc(N3CCN(C(=O)c4cccc(C(F)(F)F)c4)CC3)nc12. The number of nitrogens with zero attached hydrogens (tertiary/aromatic N) is 3. The second-order valence-electron chi connectivity index (χ2n) is 6.78. The third-order valence-electron chi connectivity index (χ3n) is 4.94. The summed E-state index contributed by atoms with van der Waals surface area (Å²) in [5, 5.41) is 1.36. The molecule has 5 nitrogen and oxygen atoms in total. The fourth-order valence-electron chi connectivity index (χ4n) is 3.35. The molecule has 158 valence electrons. The van der Waals surface area contributed by atoms with Gasteiger partial charge in [0.05, 0.1) is 22.4 Å². The van der Waals surface area contributed by atoms with Crippen LogP contribution in [0.15, 0.2) is 36.4 Å². The largest absolute Gasteiger partial charge is 0.494 e. The predicted molar refractivity (Wildman–Crippen MR) is 111 cm³/mol. The lowest BCUT2D eigenvalue weighted by molar-refractivity contribution is -0.137. The number of halogens is 4. The summed E-state index contributed by atoms with van der Waals surface area (Å²) >= 11 is 7.72. The highest BCUT2D eigenvalue weighted by molar-refractivity contribution is 7.22. The summed E-state index contributed by atoms with van der Waals surface area (Å²) in [6.45, 7) is 1.81. The maximum Gasteiger partial charge on any atom is 0.416 e. The Morgan fingerprint density at radius 2 is 1.90 bits per heavy atom. The topological polar surface area (TPSA) is 45.7 Å². The van der Waals surface area contributed by atoms with Gasteiger partial charge in [-0.25, -0.2) is 4.98 Å². The summed E-state index contributed by atoms with van der Waals surface area (Å²) in [6.07, 6.45) is -4.48. The summed E-state index contributed by atoms with van der Waals surface area (Å²) < 4.78 is 45.0. The maximum absolute atomic E-state index is 12.9. The highest BCUT2D eigenvalue weighted by atomic mass is 35.5. The van der Waals surface area contributed by atoms with Gasteiger partial charge in [0, 0.05) is 31.7 Å². The standard InChI is InChI=1S/C20H17ClF3N3O2S/c1-29-15-6-5-14(21)17-16(15)25-19(30-17)27-9-7-26(8-10-27)18(28)12-3-2-4-13(11-12)20(22,23)24/h2-6,11H,7-10H2,1H3. The number of hydrogen-bond acceptors (Lipinski definition) is 5. The number of piperazine rings is 1. The smallest absolute Gasteiger partial charge is 0.416 e. The number of benzene rings is 2. The number of anilines is 1. The van der Waals surface area contributed by atoms with Crippen LogP contribution in [0.4, 0.5) is 18.3 Å². The predicted octanol–water partition coefficient (Wildman–Crippen LogP) is 4.94. The number of methoxy groups -OCH3 is 1. The number of amides is 1. The molecule has 2 heterocycles. The molecule has 1 saturated heterocycles. The number of carbonyl (C=O) groups excluding carboxylic acids is 1. The average molecular weight is 456 g/mol. The van der Waals surface area contributed by atoms with E-state index in [0.717, 1.165) is 22.0 Å². The lowest BCUT2D eigenvalue weighted by atomic mass is 10.1. The van der Waals surface area contributed by atoms with Crippen molar-refractivity contribution in [3.8, 4) is 5.75 Å². The zero-order chi connectivity index (χ0) is 21.5. The summed E-state index contributed by atoms with van der Waals surface area (Å²) in [5.41, 5.74) is -0.102. The number of alkyl halides is 3. The van der Waals surface area contributed by atoms with E-state index in [4.69, 9.17) is 16.3 Å². The molecule has 0 atom stereocenters. The summed E-state index contributed by atoms with van der Waals surface area (Å²) in [7, 11) is 1.57. The van der Waals surface area contributed by atoms with Crippen LogP contribution in [0.3, 0.4) is 0 Å². The van der Waals surface area contributed by atoms with Crippen molar-refractivity contribution >= 4 is 44.2 Å². The van der Waals surface area contributed by atoms with E-state index < -0.39 is 17.6 Å². The highest BCUT2D eigenvalue weighted by Crippen LogP contribution is 2.39. The van der Waals surface area contributed by atoms with Crippen molar-refractivity contribution in [2.45, 2.75) is 6.18 Å². The lowest BCUT2D eigenvalue weighted by Crippen LogP contribution is -2.48. The molecule has 3 aromatic rings. The quantitative estimate of drug-likeness (QED) is 0.561. The van der Waals surface area contributed by atoms with Crippen LogP contribution in [0, 0.1) is 0 Å². The van der Waals surface area contributed by atoms with E-state index in [1.54, 1.807) is 24.1 Å². The number of hydrogen-bond donors (Lipinski definition) is 0. The fourth-order valence-corrected chi connectivity index (χ4v) is 4.66. The van der Waals surface area contributed by atoms with Crippen molar-refractivity contribution in [3.05, 3.63) is 52.5 Å². The van der Waals surface area contributed by atoms with E-state index >= 15 is 0 Å². The molecule has 0 spiro atoms. The van der Waals surface area contributed by atoms with Crippen LogP contribution in [0.25, 0.3) is 10.2 Å². The minimum atomic E-state index is -4.48. The van der Waals surface area contributed by atoms with Crippen LogP contribution in [-0.4, -0.2) is 49.1 Å². The zero-order valence-electron chi connectivity index (χ0n) is 15.9. The van der Waals surface area contributed by atoms with Gasteiger partial charge < -0.3 is 14.5 Å².